The van der Waals surface area contributed by atoms with Gasteiger partial charge in [0.25, 0.3) is 11.5 Å². The highest BCUT2D eigenvalue weighted by Crippen LogP contribution is 2.09. The maximum absolute atomic E-state index is 12.6. The summed E-state index contributed by atoms with van der Waals surface area (Å²) in [6, 6.07) is 10.4. The van der Waals surface area contributed by atoms with Crippen molar-refractivity contribution in [3.05, 3.63) is 69.6 Å². The molecule has 0 unspecified atom stereocenters. The second-order valence-electron chi connectivity index (χ2n) is 6.31. The number of hydrogen-bond donors (Lipinski definition) is 1. The van der Waals surface area contributed by atoms with Crippen molar-refractivity contribution >= 4 is 22.2 Å². The van der Waals surface area contributed by atoms with Crippen molar-refractivity contribution < 1.29 is 4.79 Å². The molecule has 1 aromatic carbocycles. The van der Waals surface area contributed by atoms with Gasteiger partial charge in [-0.05, 0) is 25.1 Å². The third-order valence-corrected chi connectivity index (χ3v) is 5.50. The summed E-state index contributed by atoms with van der Waals surface area (Å²) >= 11 is 1.36. The zero-order valence-corrected chi connectivity index (χ0v) is 16.4. The second-order valence-corrected chi connectivity index (χ2v) is 7.18. The van der Waals surface area contributed by atoms with Crippen molar-refractivity contribution in [3.63, 3.8) is 0 Å². The SMILES string of the molecule is CCN(CC)[C@@H](CNC(=O)c1cnc2sccn2c1=O)Cc1ccccc1. The smallest absolute Gasteiger partial charge is 0.271 e. The normalized spacial score (nSPS) is 12.4. The van der Waals surface area contributed by atoms with Crippen molar-refractivity contribution in [2.75, 3.05) is 19.6 Å². The summed E-state index contributed by atoms with van der Waals surface area (Å²) in [7, 11) is 0. The largest absolute Gasteiger partial charge is 0.350 e. The van der Waals surface area contributed by atoms with Crippen LogP contribution in [0.5, 0.6) is 0 Å². The molecule has 0 fully saturated rings. The molecule has 0 radical (unpaired) electrons. The third-order valence-electron chi connectivity index (χ3n) is 4.73. The van der Waals surface area contributed by atoms with Crippen LogP contribution in [0.4, 0.5) is 0 Å². The van der Waals surface area contributed by atoms with Gasteiger partial charge >= 0.3 is 0 Å². The van der Waals surface area contributed by atoms with Crippen molar-refractivity contribution in [1.82, 2.24) is 19.6 Å². The number of nitrogens with one attached hydrogen (secondary N) is 1. The van der Waals surface area contributed by atoms with Crippen LogP contribution < -0.4 is 10.9 Å². The zero-order chi connectivity index (χ0) is 19.2. The summed E-state index contributed by atoms with van der Waals surface area (Å²) in [6.07, 6.45) is 3.84. The summed E-state index contributed by atoms with van der Waals surface area (Å²) in [5.41, 5.74) is 0.968. The molecule has 142 valence electrons. The van der Waals surface area contributed by atoms with Crippen LogP contribution in [0.25, 0.3) is 4.96 Å². The lowest BCUT2D eigenvalue weighted by Crippen LogP contribution is -2.46. The fourth-order valence-electron chi connectivity index (χ4n) is 3.24. The number of carbonyl (C=O) groups is 1. The Bertz CT molecular complexity index is 947. The van der Waals surface area contributed by atoms with Crippen LogP contribution in [0.15, 0.2) is 52.9 Å². The van der Waals surface area contributed by atoms with E-state index in [9.17, 15) is 9.59 Å². The van der Waals surface area contributed by atoms with Crippen LogP contribution >= 0.6 is 11.3 Å². The first-order valence-corrected chi connectivity index (χ1v) is 10.0. The number of carbonyl (C=O) groups excluding carboxylic acids is 1. The topological polar surface area (TPSA) is 66.7 Å². The Hall–Kier alpha value is -2.51. The molecule has 2 heterocycles. The number of benzene rings is 1. The lowest BCUT2D eigenvalue weighted by Gasteiger charge is -2.30. The van der Waals surface area contributed by atoms with Gasteiger partial charge in [0.05, 0.1) is 0 Å². The van der Waals surface area contributed by atoms with Crippen molar-refractivity contribution in [3.8, 4) is 0 Å². The highest BCUT2D eigenvalue weighted by Gasteiger charge is 2.19. The van der Waals surface area contributed by atoms with E-state index in [1.165, 1.54) is 27.5 Å². The molecule has 3 rings (SSSR count). The van der Waals surface area contributed by atoms with Crippen LogP contribution in [-0.4, -0.2) is 45.9 Å². The number of rotatable bonds is 8. The first kappa shape index (κ1) is 19.3. The van der Waals surface area contributed by atoms with Crippen molar-refractivity contribution in [2.45, 2.75) is 26.3 Å². The Morgan fingerprint density at radius 2 is 2.00 bits per heavy atom. The summed E-state index contributed by atoms with van der Waals surface area (Å²) in [4.78, 5) is 32.2. The van der Waals surface area contributed by atoms with E-state index in [0.717, 1.165) is 19.5 Å². The van der Waals surface area contributed by atoms with Crippen LogP contribution in [0, 0.1) is 0 Å². The average molecular weight is 385 g/mol. The molecule has 0 aliphatic rings. The summed E-state index contributed by atoms with van der Waals surface area (Å²) in [6.45, 7) is 6.50. The van der Waals surface area contributed by atoms with Gasteiger partial charge in [-0.2, -0.15) is 0 Å². The minimum absolute atomic E-state index is 0.0731. The van der Waals surface area contributed by atoms with Crippen molar-refractivity contribution in [1.29, 1.82) is 0 Å². The van der Waals surface area contributed by atoms with Gasteiger partial charge in [0.2, 0.25) is 0 Å². The molecule has 1 amide bonds. The van der Waals surface area contributed by atoms with Gasteiger partial charge in [0.1, 0.15) is 5.56 Å². The summed E-state index contributed by atoms with van der Waals surface area (Å²) < 4.78 is 1.41. The minimum atomic E-state index is -0.377. The van der Waals surface area contributed by atoms with Gasteiger partial charge in [-0.15, -0.1) is 11.3 Å². The molecular formula is C20H24N4O2S. The van der Waals surface area contributed by atoms with Crippen LogP contribution in [-0.2, 0) is 6.42 Å². The number of likely N-dealkylation sites (N-methyl/N-ethyl adjacent to an activating group) is 1. The lowest BCUT2D eigenvalue weighted by molar-refractivity contribution is 0.0932. The predicted octanol–water partition coefficient (Wildman–Crippen LogP) is 2.44. The Labute approximate surface area is 162 Å². The average Bonchev–Trinajstić information content (AvgIpc) is 3.17. The first-order valence-electron chi connectivity index (χ1n) is 9.15. The van der Waals surface area contributed by atoms with Gasteiger partial charge in [0.15, 0.2) is 4.96 Å². The molecule has 1 N–H and O–H groups in total. The van der Waals surface area contributed by atoms with Crippen LogP contribution in [0.3, 0.4) is 0 Å². The fourth-order valence-corrected chi connectivity index (χ4v) is 3.92. The molecule has 2 aromatic heterocycles. The van der Waals surface area contributed by atoms with E-state index in [0.29, 0.717) is 11.5 Å². The van der Waals surface area contributed by atoms with Crippen LogP contribution in [0.1, 0.15) is 29.8 Å². The van der Waals surface area contributed by atoms with Crippen LogP contribution in [0.2, 0.25) is 0 Å². The predicted molar refractivity (Wildman–Crippen MR) is 109 cm³/mol. The Morgan fingerprint density at radius 1 is 1.26 bits per heavy atom. The summed E-state index contributed by atoms with van der Waals surface area (Å²) in [5.74, 6) is -0.377. The van der Waals surface area contributed by atoms with E-state index < -0.39 is 0 Å². The zero-order valence-electron chi connectivity index (χ0n) is 15.6. The molecule has 0 saturated heterocycles. The molecule has 0 saturated carbocycles. The number of aromatic nitrogens is 2. The van der Waals surface area contributed by atoms with E-state index >= 15 is 0 Å². The molecule has 27 heavy (non-hydrogen) atoms. The van der Waals surface area contributed by atoms with E-state index in [1.807, 2.05) is 18.2 Å². The third kappa shape index (κ3) is 4.43. The van der Waals surface area contributed by atoms with Gasteiger partial charge in [-0.1, -0.05) is 44.2 Å². The highest BCUT2D eigenvalue weighted by molar-refractivity contribution is 7.15. The van der Waals surface area contributed by atoms with Gasteiger partial charge in [-0.25, -0.2) is 4.98 Å². The molecule has 0 spiro atoms. The lowest BCUT2D eigenvalue weighted by atomic mass is 10.0. The molecule has 0 aliphatic carbocycles. The first-order chi connectivity index (χ1) is 13.1. The quantitative estimate of drug-likeness (QED) is 0.648. The highest BCUT2D eigenvalue weighted by atomic mass is 32.1. The molecular weight excluding hydrogens is 360 g/mol. The molecule has 6 nitrogen and oxygen atoms in total. The number of amides is 1. The van der Waals surface area contributed by atoms with Gasteiger partial charge in [-0.3, -0.25) is 18.9 Å². The molecule has 1 atom stereocenters. The monoisotopic (exact) mass is 384 g/mol. The Balaban J connectivity index is 1.74. The number of fused-ring (bicyclic) bond motifs is 1. The van der Waals surface area contributed by atoms with E-state index in [4.69, 9.17) is 0 Å². The number of hydrogen-bond acceptors (Lipinski definition) is 5. The second kappa shape index (κ2) is 8.92. The number of nitrogens with zero attached hydrogens (tertiary/aromatic N) is 3. The standard InChI is InChI=1S/C20H24N4O2S/c1-3-23(4-2)16(12-15-8-6-5-7-9-15)13-21-18(25)17-14-22-20-24(19(17)26)10-11-27-20/h5-11,14,16H,3-4,12-13H2,1-2H3,(H,21,25)/t16-/m1/s1. The molecule has 3 aromatic rings. The van der Waals surface area contributed by atoms with E-state index in [-0.39, 0.29) is 23.1 Å². The summed E-state index contributed by atoms with van der Waals surface area (Å²) in [5, 5.41) is 4.72. The minimum Gasteiger partial charge on any atom is -0.350 e. The molecule has 0 aliphatic heterocycles. The maximum atomic E-state index is 12.6. The maximum Gasteiger partial charge on any atom is 0.271 e. The van der Waals surface area contributed by atoms with Gasteiger partial charge in [0, 0.05) is 30.4 Å². The number of thiazole rings is 1. The fraction of sp³-hybridized carbons (Fsp3) is 0.350. The Morgan fingerprint density at radius 3 is 2.70 bits per heavy atom. The Kier molecular flexibility index (Phi) is 6.36. The van der Waals surface area contributed by atoms with E-state index in [2.05, 4.69) is 41.2 Å². The van der Waals surface area contributed by atoms with Gasteiger partial charge < -0.3 is 5.32 Å². The van der Waals surface area contributed by atoms with E-state index in [1.54, 1.807) is 11.6 Å². The van der Waals surface area contributed by atoms with Crippen molar-refractivity contribution in [2.24, 2.45) is 0 Å². The molecule has 7 heteroatoms. The molecule has 0 bridgehead atoms.